The highest BCUT2D eigenvalue weighted by molar-refractivity contribution is 4.77. The molecule has 0 aliphatic rings. The molecule has 0 aromatic rings. The van der Waals surface area contributed by atoms with Crippen molar-refractivity contribution in [2.75, 3.05) is 27.4 Å². The molecule has 0 amide bonds. The summed E-state index contributed by atoms with van der Waals surface area (Å²) in [6.07, 6.45) is 0.555. The molecule has 85 valence electrons. The predicted molar refractivity (Wildman–Crippen MR) is 45.7 cm³/mol. The Morgan fingerprint density at radius 3 is 2.07 bits per heavy atom. The van der Waals surface area contributed by atoms with Crippen LogP contribution in [0.1, 0.15) is 13.3 Å². The predicted octanol–water partition coefficient (Wildman–Crippen LogP) is -0.529. The van der Waals surface area contributed by atoms with E-state index in [4.69, 9.17) is 5.11 Å². The van der Waals surface area contributed by atoms with Gasteiger partial charge in [-0.25, -0.2) is 0 Å². The smallest absolute Gasteiger partial charge is 0.368 e. The van der Waals surface area contributed by atoms with Gasteiger partial charge in [-0.1, -0.05) is 6.92 Å². The first-order valence-electron chi connectivity index (χ1n) is 4.27. The number of aliphatic hydroxyl groups is 2. The lowest BCUT2D eigenvalue weighted by Crippen LogP contribution is -2.60. The van der Waals surface area contributed by atoms with Crippen molar-refractivity contribution in [2.24, 2.45) is 0 Å². The van der Waals surface area contributed by atoms with Crippen molar-refractivity contribution in [3.8, 4) is 0 Å². The first-order chi connectivity index (χ1) is 6.49. The second-order valence-corrected chi connectivity index (χ2v) is 2.75. The molecular formula is C8H17O6. The molecule has 0 spiro atoms. The average Bonchev–Trinajstić information content (AvgIpc) is 2.18. The third-order valence-electron chi connectivity index (χ3n) is 1.85. The van der Waals surface area contributed by atoms with E-state index in [0.717, 1.165) is 14.2 Å². The van der Waals surface area contributed by atoms with Crippen LogP contribution >= 0.6 is 0 Å². The van der Waals surface area contributed by atoms with E-state index in [1.165, 1.54) is 0 Å². The lowest BCUT2D eigenvalue weighted by atomic mass is 10.2. The molecule has 6 heteroatoms. The summed E-state index contributed by atoms with van der Waals surface area (Å²) in [6, 6.07) is 0. The second kappa shape index (κ2) is 5.59. The molecule has 0 heterocycles. The molecule has 0 saturated heterocycles. The zero-order valence-corrected chi connectivity index (χ0v) is 8.65. The second-order valence-electron chi connectivity index (χ2n) is 2.75. The maximum atomic E-state index is 11.5. The average molecular weight is 209 g/mol. The van der Waals surface area contributed by atoms with Crippen LogP contribution in [0.15, 0.2) is 0 Å². The first kappa shape index (κ1) is 13.8. The monoisotopic (exact) mass is 209 g/mol. The van der Waals surface area contributed by atoms with Crippen molar-refractivity contribution in [3.05, 3.63) is 0 Å². The first-order valence-corrected chi connectivity index (χ1v) is 4.27. The van der Waals surface area contributed by atoms with E-state index in [9.17, 15) is 10.2 Å². The van der Waals surface area contributed by atoms with Gasteiger partial charge in [0.2, 0.25) is 0 Å². The van der Waals surface area contributed by atoms with Gasteiger partial charge in [-0.05, 0) is 6.42 Å². The molecule has 1 unspecified atom stereocenters. The quantitative estimate of drug-likeness (QED) is 0.550. The molecule has 0 aliphatic carbocycles. The van der Waals surface area contributed by atoms with Crippen molar-refractivity contribution < 1.29 is 29.5 Å². The molecule has 2 N–H and O–H groups in total. The summed E-state index contributed by atoms with van der Waals surface area (Å²) in [5.74, 6) is -5.02. The molecule has 0 aromatic heterocycles. The van der Waals surface area contributed by atoms with Crippen LogP contribution in [0.3, 0.4) is 0 Å². The fraction of sp³-hybridized carbons (Fsp3) is 1.00. The topological polar surface area (TPSA) is 88.1 Å². The van der Waals surface area contributed by atoms with Gasteiger partial charge in [0.05, 0.1) is 6.61 Å². The molecule has 0 aliphatic heterocycles. The van der Waals surface area contributed by atoms with Crippen LogP contribution in [0.5, 0.6) is 0 Å². The van der Waals surface area contributed by atoms with Gasteiger partial charge in [-0.2, -0.15) is 5.11 Å². The molecule has 0 fully saturated rings. The number of rotatable bonds is 7. The summed E-state index contributed by atoms with van der Waals surface area (Å²) in [5, 5.41) is 29.8. The van der Waals surface area contributed by atoms with Crippen molar-refractivity contribution in [1.82, 2.24) is 0 Å². The Morgan fingerprint density at radius 1 is 1.29 bits per heavy atom. The minimum absolute atomic E-state index is 0.0501. The Bertz CT molecular complexity index is 146. The van der Waals surface area contributed by atoms with E-state index < -0.39 is 18.4 Å². The maximum Gasteiger partial charge on any atom is 0.368 e. The van der Waals surface area contributed by atoms with E-state index in [1.54, 1.807) is 6.92 Å². The van der Waals surface area contributed by atoms with Crippen LogP contribution in [0.25, 0.3) is 0 Å². The molecule has 1 radical (unpaired) electrons. The van der Waals surface area contributed by atoms with E-state index in [2.05, 4.69) is 14.2 Å². The van der Waals surface area contributed by atoms with E-state index in [0.29, 0.717) is 6.42 Å². The molecular weight excluding hydrogens is 192 g/mol. The Balaban J connectivity index is 4.60. The minimum Gasteiger partial charge on any atom is -0.390 e. The number of methoxy groups -OCH3 is 2. The van der Waals surface area contributed by atoms with Crippen LogP contribution in [-0.2, 0) is 19.3 Å². The van der Waals surface area contributed by atoms with Crippen molar-refractivity contribution in [3.63, 3.8) is 0 Å². The summed E-state index contributed by atoms with van der Waals surface area (Å²) >= 11 is 0. The normalized spacial score (nSPS) is 13.3. The van der Waals surface area contributed by atoms with Gasteiger partial charge in [0.15, 0.2) is 0 Å². The molecule has 14 heavy (non-hydrogen) atoms. The number of hydrogen-bond donors (Lipinski definition) is 2. The molecule has 1 atom stereocenters. The molecule has 6 nitrogen and oxygen atoms in total. The summed E-state index contributed by atoms with van der Waals surface area (Å²) in [5.41, 5.74) is 0. The van der Waals surface area contributed by atoms with Gasteiger partial charge in [-0.15, -0.1) is 0 Å². The largest absolute Gasteiger partial charge is 0.390 e. The van der Waals surface area contributed by atoms with Gasteiger partial charge in [0, 0.05) is 14.2 Å². The van der Waals surface area contributed by atoms with Crippen molar-refractivity contribution in [1.29, 1.82) is 0 Å². The third kappa shape index (κ3) is 2.63. The highest BCUT2D eigenvalue weighted by Gasteiger charge is 2.54. The SMILES string of the molecule is CCCOC([O])(O)C(CO)(OC)OC. The highest BCUT2D eigenvalue weighted by atomic mass is 16.8. The van der Waals surface area contributed by atoms with Crippen LogP contribution in [0.4, 0.5) is 0 Å². The number of ether oxygens (including phenoxy) is 3. The van der Waals surface area contributed by atoms with Gasteiger partial charge in [0.25, 0.3) is 5.79 Å². The fourth-order valence-corrected chi connectivity index (χ4v) is 0.921. The number of hydrogen-bond acceptors (Lipinski definition) is 5. The zero-order valence-electron chi connectivity index (χ0n) is 8.65. The van der Waals surface area contributed by atoms with Gasteiger partial charge in [0.1, 0.15) is 6.61 Å². The summed E-state index contributed by atoms with van der Waals surface area (Å²) in [6.45, 7) is 1.02. The number of aliphatic hydroxyl groups excluding tert-OH is 1. The molecule has 0 bridgehead atoms. The molecule has 0 aromatic carbocycles. The Labute approximate surface area is 83.0 Å². The highest BCUT2D eigenvalue weighted by Crippen LogP contribution is 2.26. The van der Waals surface area contributed by atoms with Gasteiger partial charge < -0.3 is 24.4 Å². The molecule has 0 saturated carbocycles. The standard InChI is InChI=1S/C8H17O6/c1-4-5-14-8(10,11)7(6-9,12-2)13-3/h9-10H,4-6H2,1-3H3. The van der Waals surface area contributed by atoms with Crippen molar-refractivity contribution >= 4 is 0 Å². The lowest BCUT2D eigenvalue weighted by molar-refractivity contribution is -0.491. The van der Waals surface area contributed by atoms with Crippen LogP contribution in [0.2, 0.25) is 0 Å². The third-order valence-corrected chi connectivity index (χ3v) is 1.85. The Hall–Kier alpha value is -0.240. The summed E-state index contributed by atoms with van der Waals surface area (Å²) < 4.78 is 13.9. The van der Waals surface area contributed by atoms with Crippen LogP contribution < -0.4 is 0 Å². The Morgan fingerprint density at radius 2 is 1.79 bits per heavy atom. The van der Waals surface area contributed by atoms with Crippen molar-refractivity contribution in [2.45, 2.75) is 25.1 Å². The maximum absolute atomic E-state index is 11.5. The van der Waals surface area contributed by atoms with E-state index in [1.807, 2.05) is 0 Å². The van der Waals surface area contributed by atoms with E-state index >= 15 is 0 Å². The minimum atomic E-state index is -2.93. The zero-order chi connectivity index (χ0) is 11.2. The summed E-state index contributed by atoms with van der Waals surface area (Å²) in [7, 11) is 2.27. The fourth-order valence-electron chi connectivity index (χ4n) is 0.921. The van der Waals surface area contributed by atoms with E-state index in [-0.39, 0.29) is 6.61 Å². The Kier molecular flexibility index (Phi) is 5.50. The lowest BCUT2D eigenvalue weighted by Gasteiger charge is -2.36. The van der Waals surface area contributed by atoms with Crippen LogP contribution in [0, 0.1) is 0 Å². The molecule has 0 rings (SSSR count). The van der Waals surface area contributed by atoms with Gasteiger partial charge in [-0.3, -0.25) is 0 Å². The summed E-state index contributed by atoms with van der Waals surface area (Å²) in [4.78, 5) is 0. The van der Waals surface area contributed by atoms with Crippen LogP contribution in [-0.4, -0.2) is 49.4 Å². The van der Waals surface area contributed by atoms with Gasteiger partial charge >= 0.3 is 5.97 Å².